The molecule has 4 aromatic rings. The molecule has 19 heteroatoms. The van der Waals surface area contributed by atoms with Gasteiger partial charge in [-0.2, -0.15) is 26.0 Å². The van der Waals surface area contributed by atoms with Gasteiger partial charge in [-0.15, -0.1) is 5.10 Å². The first-order valence-electron chi connectivity index (χ1n) is 15.8. The molecule has 0 aromatic carbocycles. The number of hydrogen-bond acceptors (Lipinski definition) is 11. The van der Waals surface area contributed by atoms with E-state index >= 15 is 0 Å². The second kappa shape index (κ2) is 15.9. The largest absolute Gasteiger partial charge is 0.476 e. The fourth-order valence-electron chi connectivity index (χ4n) is 4.22. The van der Waals surface area contributed by atoms with Crippen molar-refractivity contribution in [2.45, 2.75) is 70.7 Å². The van der Waals surface area contributed by atoms with Crippen molar-refractivity contribution in [2.24, 2.45) is 5.41 Å². The smallest absolute Gasteiger partial charge is 0.407 e. The van der Waals surface area contributed by atoms with Gasteiger partial charge in [-0.25, -0.2) is 29.4 Å². The van der Waals surface area contributed by atoms with Crippen LogP contribution >= 0.6 is 0 Å². The third kappa shape index (κ3) is 11.0. The van der Waals surface area contributed by atoms with Crippen LogP contribution in [0.4, 0.5) is 34.0 Å². The van der Waals surface area contributed by atoms with Crippen LogP contribution in [0, 0.1) is 11.4 Å². The minimum absolute atomic E-state index is 0.0658. The lowest BCUT2D eigenvalue weighted by atomic mass is 9.94. The minimum atomic E-state index is -4.51. The molecular weight excluding hydrogens is 698 g/mol. The molecule has 0 saturated heterocycles. The van der Waals surface area contributed by atoms with Crippen LogP contribution in [-0.2, 0) is 14.8 Å². The van der Waals surface area contributed by atoms with Gasteiger partial charge in [0.1, 0.15) is 23.7 Å². The predicted molar refractivity (Wildman–Crippen MR) is 179 cm³/mol. The zero-order chi connectivity index (χ0) is 37.5. The van der Waals surface area contributed by atoms with E-state index in [1.54, 1.807) is 32.9 Å². The summed E-state index contributed by atoms with van der Waals surface area (Å²) < 4.78 is 94.0. The van der Waals surface area contributed by atoms with E-state index in [2.05, 4.69) is 40.4 Å². The van der Waals surface area contributed by atoms with Gasteiger partial charge in [-0.3, -0.25) is 4.72 Å². The Hall–Kier alpha value is -5.07. The Bertz CT molecular complexity index is 1920. The maximum absolute atomic E-state index is 13.7. The summed E-state index contributed by atoms with van der Waals surface area (Å²) in [4.78, 5) is 28.6. The number of alkyl carbamates (subject to hydrolysis) is 1. The van der Waals surface area contributed by atoms with Crippen molar-refractivity contribution in [3.05, 3.63) is 60.9 Å². The third-order valence-electron chi connectivity index (χ3n) is 6.96. The van der Waals surface area contributed by atoms with Gasteiger partial charge in [-0.1, -0.05) is 6.07 Å². The summed E-state index contributed by atoms with van der Waals surface area (Å²) >= 11 is 0. The van der Waals surface area contributed by atoms with E-state index in [0.29, 0.717) is 37.3 Å². The topological polar surface area (TPSA) is 175 Å². The van der Waals surface area contributed by atoms with Crippen LogP contribution in [0.15, 0.2) is 60.0 Å². The highest BCUT2D eigenvalue weighted by atomic mass is 32.2. The van der Waals surface area contributed by atoms with E-state index in [0.717, 1.165) is 38.6 Å². The maximum Gasteiger partial charge on any atom is 0.407 e. The first-order chi connectivity index (χ1) is 23.8. The summed E-state index contributed by atoms with van der Waals surface area (Å²) in [6.07, 6.45) is 1.17. The quantitative estimate of drug-likeness (QED) is 0.0727. The number of hydrogen-bond donors (Lipinski definition) is 3. The van der Waals surface area contributed by atoms with Crippen molar-refractivity contribution in [3.8, 4) is 23.0 Å². The lowest BCUT2D eigenvalue weighted by Gasteiger charge is -2.26. The summed E-state index contributed by atoms with van der Waals surface area (Å²) in [6.45, 7) is 7.54. The number of nitrogens with one attached hydrogen (secondary N) is 3. The minimum Gasteiger partial charge on any atom is -0.476 e. The van der Waals surface area contributed by atoms with Gasteiger partial charge < -0.3 is 20.1 Å². The molecule has 51 heavy (non-hydrogen) atoms. The Morgan fingerprint density at radius 1 is 0.941 bits per heavy atom. The number of nitrogens with zero attached hydrogens (tertiary/aromatic N) is 6. The number of carbonyl (C=O) groups excluding carboxylic acids is 1. The highest BCUT2D eigenvalue weighted by Crippen LogP contribution is 2.38. The van der Waals surface area contributed by atoms with Gasteiger partial charge in [0.15, 0.2) is 16.7 Å². The van der Waals surface area contributed by atoms with Gasteiger partial charge >= 0.3 is 12.3 Å². The third-order valence-corrected chi connectivity index (χ3v) is 8.22. The predicted octanol–water partition coefficient (Wildman–Crippen LogP) is 6.13. The molecule has 0 aliphatic heterocycles. The lowest BCUT2D eigenvalue weighted by Crippen LogP contribution is -2.37. The maximum atomic E-state index is 13.7. The molecule has 0 aliphatic rings. The van der Waals surface area contributed by atoms with Crippen LogP contribution in [0.2, 0.25) is 0 Å². The molecule has 0 bridgehead atoms. The molecule has 0 unspecified atom stereocenters. The fourth-order valence-corrected chi connectivity index (χ4v) is 5.17. The molecule has 0 atom stereocenters. The standard InChI is InChI=1S/C32H39F4N9O5S/c1-30(2,3)50-29(46)39-16-8-6-7-15-37-27-21(11-10-17-38-27)26-28(45-18-14-24(43-45)49-20-31(4,5)32(34,35)36)40-19-23(42-26)44-51(47,48)25-13-9-12-22(33)41-25/h9-14,17-19H,6-8,15-16,20H2,1-5H3,(H,37,38)(H,39,46)(H,42,44). The summed E-state index contributed by atoms with van der Waals surface area (Å²) in [7, 11) is -4.39. The number of halogens is 4. The number of anilines is 2. The highest BCUT2D eigenvalue weighted by molar-refractivity contribution is 7.92. The van der Waals surface area contributed by atoms with Crippen molar-refractivity contribution in [1.82, 2.24) is 35.0 Å². The summed E-state index contributed by atoms with van der Waals surface area (Å²) in [5.74, 6) is -0.936. The number of amides is 1. The molecule has 1 amide bonds. The van der Waals surface area contributed by atoms with Gasteiger partial charge in [0.25, 0.3) is 10.0 Å². The first kappa shape index (κ1) is 38.7. The van der Waals surface area contributed by atoms with Gasteiger partial charge in [0.2, 0.25) is 11.8 Å². The van der Waals surface area contributed by atoms with Gasteiger partial charge in [-0.05, 0) is 78.1 Å². The average molecular weight is 738 g/mol. The number of carbonyl (C=O) groups is 1. The molecule has 4 aromatic heterocycles. The molecule has 4 heterocycles. The number of rotatable bonds is 15. The number of pyridine rings is 2. The Morgan fingerprint density at radius 2 is 1.69 bits per heavy atom. The molecule has 3 N–H and O–H groups in total. The molecule has 276 valence electrons. The zero-order valence-corrected chi connectivity index (χ0v) is 29.4. The van der Waals surface area contributed by atoms with Gasteiger partial charge in [0, 0.05) is 37.1 Å². The van der Waals surface area contributed by atoms with Crippen LogP contribution in [-0.4, -0.2) is 75.7 Å². The van der Waals surface area contributed by atoms with Gasteiger partial charge in [0.05, 0.1) is 11.6 Å². The van der Waals surface area contributed by atoms with Crippen LogP contribution in [0.25, 0.3) is 17.1 Å². The molecule has 0 saturated carbocycles. The highest BCUT2D eigenvalue weighted by Gasteiger charge is 2.48. The number of sulfonamides is 1. The molecule has 0 fully saturated rings. The van der Waals surface area contributed by atoms with E-state index in [1.807, 2.05) is 0 Å². The lowest BCUT2D eigenvalue weighted by molar-refractivity contribution is -0.219. The molecule has 4 rings (SSSR count). The SMILES string of the molecule is CC(C)(C)OC(=O)NCCCCCNc1ncccc1-c1nc(NS(=O)(=O)c2cccc(F)n2)cnc1-n1ccc(OCC(C)(C)C(F)(F)F)n1. The second-order valence-corrected chi connectivity index (χ2v) is 14.5. The Morgan fingerprint density at radius 3 is 2.39 bits per heavy atom. The summed E-state index contributed by atoms with van der Waals surface area (Å²) in [5.41, 5.74) is -2.28. The summed E-state index contributed by atoms with van der Waals surface area (Å²) in [6, 6.07) is 7.93. The number of aromatic nitrogens is 6. The van der Waals surface area contributed by atoms with E-state index in [9.17, 15) is 30.8 Å². The number of unbranched alkanes of at least 4 members (excludes halogenated alkanes) is 2. The van der Waals surface area contributed by atoms with Crippen LogP contribution in [0.1, 0.15) is 53.9 Å². The second-order valence-electron chi connectivity index (χ2n) is 12.9. The van der Waals surface area contributed by atoms with Crippen LogP contribution < -0.4 is 20.1 Å². The van der Waals surface area contributed by atoms with Crippen molar-refractivity contribution < 1.29 is 40.2 Å². The van der Waals surface area contributed by atoms with Crippen LogP contribution in [0.3, 0.4) is 0 Å². The number of ether oxygens (including phenoxy) is 2. The molecule has 0 spiro atoms. The Kier molecular flexibility index (Phi) is 12.0. The van der Waals surface area contributed by atoms with Crippen molar-refractivity contribution in [3.63, 3.8) is 0 Å². The van der Waals surface area contributed by atoms with Crippen molar-refractivity contribution in [2.75, 3.05) is 29.7 Å². The van der Waals surface area contributed by atoms with E-state index in [1.165, 1.54) is 29.2 Å². The fraction of sp³-hybridized carbons (Fsp3) is 0.438. The Balaban J connectivity index is 1.57. The van der Waals surface area contributed by atoms with E-state index in [4.69, 9.17) is 9.47 Å². The van der Waals surface area contributed by atoms with Crippen LogP contribution in [0.5, 0.6) is 5.88 Å². The normalized spacial score (nSPS) is 12.3. The molecule has 0 radical (unpaired) electrons. The summed E-state index contributed by atoms with van der Waals surface area (Å²) in [5, 5.41) is 9.59. The van der Waals surface area contributed by atoms with Crippen molar-refractivity contribution in [1.29, 1.82) is 0 Å². The van der Waals surface area contributed by atoms with Crippen molar-refractivity contribution >= 4 is 27.8 Å². The number of alkyl halides is 3. The molecular formula is C32H39F4N9O5S. The molecule has 14 nitrogen and oxygen atoms in total. The Labute approximate surface area is 292 Å². The average Bonchev–Trinajstić information content (AvgIpc) is 3.51. The zero-order valence-electron chi connectivity index (χ0n) is 28.6. The van der Waals surface area contributed by atoms with E-state index < -0.39 is 50.9 Å². The first-order valence-corrected chi connectivity index (χ1v) is 17.3. The van der Waals surface area contributed by atoms with E-state index in [-0.39, 0.29) is 23.2 Å². The molecule has 0 aliphatic carbocycles. The monoisotopic (exact) mass is 737 g/mol.